The fourth-order valence-corrected chi connectivity index (χ4v) is 2.05. The summed E-state index contributed by atoms with van der Waals surface area (Å²) in [6, 6.07) is 0. The van der Waals surface area contributed by atoms with Crippen LogP contribution in [0.25, 0.3) is 0 Å². The van der Waals surface area contributed by atoms with E-state index in [2.05, 4.69) is 5.16 Å². The van der Waals surface area contributed by atoms with Crippen LogP contribution in [0.3, 0.4) is 0 Å². The van der Waals surface area contributed by atoms with Crippen LogP contribution in [-0.4, -0.2) is 47.7 Å². The lowest BCUT2D eigenvalue weighted by atomic mass is 9.95. The Morgan fingerprint density at radius 3 is 2.50 bits per heavy atom. The van der Waals surface area contributed by atoms with Crippen molar-refractivity contribution in [3.63, 3.8) is 0 Å². The van der Waals surface area contributed by atoms with Gasteiger partial charge in [0.2, 0.25) is 5.91 Å². The van der Waals surface area contributed by atoms with Crippen molar-refractivity contribution in [2.75, 3.05) is 20.2 Å². The number of carbonyl (C=O) groups excluding carboxylic acids is 1. The van der Waals surface area contributed by atoms with E-state index in [0.717, 1.165) is 12.8 Å². The Hall–Kier alpha value is -1.30. The van der Waals surface area contributed by atoms with Crippen molar-refractivity contribution in [3.05, 3.63) is 0 Å². The first-order chi connectivity index (χ1) is 8.39. The average Bonchev–Trinajstić information content (AvgIpc) is 2.37. The van der Waals surface area contributed by atoms with Gasteiger partial charge in [-0.1, -0.05) is 5.16 Å². The van der Waals surface area contributed by atoms with Gasteiger partial charge in [0.05, 0.1) is 12.0 Å². The number of piperidine rings is 1. The fourth-order valence-electron chi connectivity index (χ4n) is 2.05. The second kappa shape index (κ2) is 6.04. The van der Waals surface area contributed by atoms with Crippen molar-refractivity contribution in [2.45, 2.75) is 38.7 Å². The molecule has 3 N–H and O–H groups in total. The van der Waals surface area contributed by atoms with Crippen LogP contribution >= 0.6 is 0 Å². The zero-order valence-electron chi connectivity index (χ0n) is 11.3. The quantitative estimate of drug-likeness (QED) is 0.337. The predicted molar refractivity (Wildman–Crippen MR) is 68.4 cm³/mol. The highest BCUT2D eigenvalue weighted by Gasteiger charge is 2.29. The molecule has 1 fully saturated rings. The van der Waals surface area contributed by atoms with E-state index in [1.54, 1.807) is 7.11 Å². The molecule has 6 heteroatoms. The molecular formula is C12H23N3O3. The van der Waals surface area contributed by atoms with Crippen LogP contribution in [0.1, 0.15) is 33.1 Å². The van der Waals surface area contributed by atoms with Crippen LogP contribution in [0.4, 0.5) is 0 Å². The second-order valence-electron chi connectivity index (χ2n) is 5.32. The van der Waals surface area contributed by atoms with Crippen LogP contribution in [0.15, 0.2) is 5.16 Å². The Balaban J connectivity index is 2.46. The molecule has 1 aliphatic heterocycles. The normalized spacial score (nSPS) is 19.1. The molecular weight excluding hydrogens is 234 g/mol. The maximum absolute atomic E-state index is 12.1. The summed E-state index contributed by atoms with van der Waals surface area (Å²) in [6.07, 6.45) is 1.86. The van der Waals surface area contributed by atoms with E-state index in [0.29, 0.717) is 19.5 Å². The van der Waals surface area contributed by atoms with Crippen molar-refractivity contribution in [3.8, 4) is 0 Å². The second-order valence-corrected chi connectivity index (χ2v) is 5.32. The Morgan fingerprint density at radius 2 is 2.06 bits per heavy atom. The molecule has 0 saturated carbocycles. The minimum atomic E-state index is -0.431. The molecule has 1 heterocycles. The van der Waals surface area contributed by atoms with E-state index in [-0.39, 0.29) is 17.7 Å². The summed E-state index contributed by atoms with van der Waals surface area (Å²) in [5.74, 6) is 0.439. The van der Waals surface area contributed by atoms with Gasteiger partial charge in [-0.3, -0.25) is 4.79 Å². The van der Waals surface area contributed by atoms with Crippen LogP contribution in [0, 0.1) is 5.92 Å². The molecule has 0 aromatic rings. The number of nitrogens with zero attached hydrogens (tertiary/aromatic N) is 2. The van der Waals surface area contributed by atoms with Crippen LogP contribution in [0.5, 0.6) is 0 Å². The number of hydrogen-bond acceptors (Lipinski definition) is 4. The lowest BCUT2D eigenvalue weighted by Gasteiger charge is -2.33. The number of methoxy groups -OCH3 is 1. The number of rotatable bonds is 4. The number of amidine groups is 1. The van der Waals surface area contributed by atoms with E-state index >= 15 is 0 Å². The molecule has 104 valence electrons. The number of likely N-dealkylation sites (tertiary alicyclic amines) is 1. The lowest BCUT2D eigenvalue weighted by molar-refractivity contribution is -0.137. The van der Waals surface area contributed by atoms with Gasteiger partial charge in [-0.25, -0.2) is 0 Å². The molecule has 1 rings (SSSR count). The minimum absolute atomic E-state index is 0.0782. The first-order valence-electron chi connectivity index (χ1n) is 6.20. The summed E-state index contributed by atoms with van der Waals surface area (Å²) in [7, 11) is 1.61. The molecule has 1 amide bonds. The summed E-state index contributed by atoms with van der Waals surface area (Å²) >= 11 is 0. The third-order valence-electron chi connectivity index (χ3n) is 3.51. The van der Waals surface area contributed by atoms with Crippen molar-refractivity contribution >= 4 is 11.7 Å². The first kappa shape index (κ1) is 14.8. The molecule has 0 aromatic heterocycles. The van der Waals surface area contributed by atoms with Gasteiger partial charge in [0.25, 0.3) is 0 Å². The van der Waals surface area contributed by atoms with Gasteiger partial charge >= 0.3 is 0 Å². The van der Waals surface area contributed by atoms with E-state index in [9.17, 15) is 4.79 Å². The maximum atomic E-state index is 12.1. The number of amides is 1. The molecule has 0 radical (unpaired) electrons. The van der Waals surface area contributed by atoms with Gasteiger partial charge in [-0.15, -0.1) is 0 Å². The molecule has 1 aliphatic rings. The number of oxime groups is 1. The van der Waals surface area contributed by atoms with Gasteiger partial charge < -0.3 is 20.6 Å². The summed E-state index contributed by atoms with van der Waals surface area (Å²) in [5.41, 5.74) is 5.14. The predicted octanol–water partition coefficient (Wildman–Crippen LogP) is 0.786. The largest absolute Gasteiger partial charge is 0.409 e. The fraction of sp³-hybridized carbons (Fsp3) is 0.833. The van der Waals surface area contributed by atoms with Gasteiger partial charge in [0, 0.05) is 26.1 Å². The number of ether oxygens (including phenoxy) is 1. The molecule has 0 unspecified atom stereocenters. The third kappa shape index (κ3) is 3.87. The van der Waals surface area contributed by atoms with Gasteiger partial charge in [-0.2, -0.15) is 0 Å². The molecule has 0 aromatic carbocycles. The van der Waals surface area contributed by atoms with Gasteiger partial charge in [-0.05, 0) is 26.7 Å². The Labute approximate surface area is 108 Å². The summed E-state index contributed by atoms with van der Waals surface area (Å²) in [5, 5.41) is 11.6. The van der Waals surface area contributed by atoms with E-state index in [1.807, 2.05) is 18.7 Å². The van der Waals surface area contributed by atoms with E-state index in [1.165, 1.54) is 0 Å². The molecule has 0 atom stereocenters. The number of carbonyl (C=O) groups is 1. The average molecular weight is 257 g/mol. The third-order valence-corrected chi connectivity index (χ3v) is 3.51. The van der Waals surface area contributed by atoms with Crippen molar-refractivity contribution in [2.24, 2.45) is 16.8 Å². The molecule has 1 saturated heterocycles. The molecule has 0 bridgehead atoms. The molecule has 0 spiro atoms. The Bertz CT molecular complexity index is 321. The smallest absolute Gasteiger partial charge is 0.225 e. The standard InChI is InChI=1S/C12H23N3O3/c1-12(2,18-3)8-10(16)15-6-4-9(5-7-15)11(13)14-17/h9,17H,4-8H2,1-3H3,(H2,13,14). The topological polar surface area (TPSA) is 88.2 Å². The minimum Gasteiger partial charge on any atom is -0.409 e. The zero-order valence-corrected chi connectivity index (χ0v) is 11.3. The first-order valence-corrected chi connectivity index (χ1v) is 6.20. The monoisotopic (exact) mass is 257 g/mol. The van der Waals surface area contributed by atoms with Gasteiger partial charge in [0.15, 0.2) is 0 Å². The lowest BCUT2D eigenvalue weighted by Crippen LogP contribution is -2.44. The molecule has 6 nitrogen and oxygen atoms in total. The summed E-state index contributed by atoms with van der Waals surface area (Å²) in [4.78, 5) is 13.9. The van der Waals surface area contributed by atoms with Crippen molar-refractivity contribution < 1.29 is 14.7 Å². The highest BCUT2D eigenvalue weighted by Crippen LogP contribution is 2.21. The number of nitrogens with two attached hydrogens (primary N) is 1. The Morgan fingerprint density at radius 1 is 1.50 bits per heavy atom. The van der Waals surface area contributed by atoms with Crippen molar-refractivity contribution in [1.82, 2.24) is 4.90 Å². The van der Waals surface area contributed by atoms with Crippen LogP contribution < -0.4 is 5.73 Å². The summed E-state index contributed by atoms with van der Waals surface area (Å²) < 4.78 is 5.26. The molecule has 0 aliphatic carbocycles. The SMILES string of the molecule is COC(C)(C)CC(=O)N1CCC(C(N)=NO)CC1. The summed E-state index contributed by atoms with van der Waals surface area (Å²) in [6.45, 7) is 5.10. The van der Waals surface area contributed by atoms with Crippen LogP contribution in [0.2, 0.25) is 0 Å². The van der Waals surface area contributed by atoms with Crippen molar-refractivity contribution in [1.29, 1.82) is 0 Å². The molecule has 18 heavy (non-hydrogen) atoms. The van der Waals surface area contributed by atoms with Gasteiger partial charge in [0.1, 0.15) is 5.84 Å². The van der Waals surface area contributed by atoms with E-state index in [4.69, 9.17) is 15.7 Å². The zero-order chi connectivity index (χ0) is 13.8. The Kier molecular flexibility index (Phi) is 4.95. The number of hydrogen-bond donors (Lipinski definition) is 2. The van der Waals surface area contributed by atoms with E-state index < -0.39 is 5.60 Å². The maximum Gasteiger partial charge on any atom is 0.225 e. The highest BCUT2D eigenvalue weighted by molar-refractivity contribution is 5.83. The highest BCUT2D eigenvalue weighted by atomic mass is 16.5. The van der Waals surface area contributed by atoms with Crippen LogP contribution in [-0.2, 0) is 9.53 Å².